The van der Waals surface area contributed by atoms with Crippen molar-refractivity contribution in [3.63, 3.8) is 0 Å². The van der Waals surface area contributed by atoms with Crippen molar-refractivity contribution in [1.29, 1.82) is 0 Å². The van der Waals surface area contributed by atoms with Crippen LogP contribution in [0.5, 0.6) is 0 Å². The summed E-state index contributed by atoms with van der Waals surface area (Å²) < 4.78 is 34.3. The Bertz CT molecular complexity index is 1960. The van der Waals surface area contributed by atoms with Crippen LogP contribution in [0.2, 0.25) is 0 Å². The number of aliphatic hydroxyl groups excluding tert-OH is 11. The molecule has 1 amide bonds. The van der Waals surface area contributed by atoms with Crippen LogP contribution < -0.4 is 5.32 Å². The predicted molar refractivity (Wildman–Crippen MR) is 337 cm³/mol. The molecule has 12 N–H and O–H groups in total. The average Bonchev–Trinajstić information content (AvgIpc) is 2.58. The van der Waals surface area contributed by atoms with E-state index in [1.54, 1.807) is 6.08 Å². The Balaban J connectivity index is 1.50. The summed E-state index contributed by atoms with van der Waals surface area (Å²) in [5.41, 5.74) is 0. The maximum atomic E-state index is 13.4. The summed E-state index contributed by atoms with van der Waals surface area (Å²) in [6.07, 6.45) is 36.6. The molecule has 0 saturated carbocycles. The molecule has 3 rings (SSSR count). The van der Waals surface area contributed by atoms with Crippen LogP contribution in [0.25, 0.3) is 0 Å². The maximum Gasteiger partial charge on any atom is 0.220 e. The van der Waals surface area contributed by atoms with Crippen molar-refractivity contribution in [2.75, 3.05) is 26.4 Å². The fourth-order valence-electron chi connectivity index (χ4n) is 10.5. The van der Waals surface area contributed by atoms with Gasteiger partial charge in [0, 0.05) is 6.42 Å². The lowest BCUT2D eigenvalue weighted by Crippen LogP contribution is -2.66. The van der Waals surface area contributed by atoms with Gasteiger partial charge in [-0.2, -0.15) is 0 Å². The molecule has 500 valence electrons. The van der Waals surface area contributed by atoms with Gasteiger partial charge in [-0.05, 0) is 70.6 Å². The van der Waals surface area contributed by atoms with Crippen LogP contribution >= 0.6 is 0 Å². The lowest BCUT2D eigenvalue weighted by Gasteiger charge is -2.48. The van der Waals surface area contributed by atoms with Crippen molar-refractivity contribution in [2.45, 2.75) is 298 Å². The number of carbonyl (C=O) groups excluding carboxylic acids is 1. The minimum Gasteiger partial charge on any atom is -0.394 e. The number of hydrogen-bond acceptors (Lipinski definition) is 18. The molecule has 3 aliphatic rings. The lowest BCUT2D eigenvalue weighted by atomic mass is 9.96. The summed E-state index contributed by atoms with van der Waals surface area (Å²) in [5.74, 6) is -0.336. The minimum atomic E-state index is -1.99. The van der Waals surface area contributed by atoms with E-state index < -0.39 is 124 Å². The van der Waals surface area contributed by atoms with E-state index in [9.17, 15) is 61.0 Å². The molecule has 0 aromatic carbocycles. The van der Waals surface area contributed by atoms with Crippen LogP contribution in [0.15, 0.2) is 97.2 Å². The van der Waals surface area contributed by atoms with Crippen molar-refractivity contribution in [2.24, 2.45) is 0 Å². The van der Waals surface area contributed by atoms with Crippen LogP contribution in [-0.4, -0.2) is 193 Å². The van der Waals surface area contributed by atoms with Gasteiger partial charge in [0.25, 0.3) is 0 Å². The highest BCUT2D eigenvalue weighted by Gasteiger charge is 2.53. The van der Waals surface area contributed by atoms with Crippen molar-refractivity contribution >= 4 is 5.91 Å². The number of hydrogen-bond donors (Lipinski definition) is 12. The van der Waals surface area contributed by atoms with Crippen molar-refractivity contribution in [3.8, 4) is 0 Å². The number of allylic oxidation sites excluding steroid dienone is 15. The fraction of sp³-hybridized carbons (Fsp3) is 0.750. The lowest BCUT2D eigenvalue weighted by molar-refractivity contribution is -0.379. The van der Waals surface area contributed by atoms with Crippen molar-refractivity contribution in [3.05, 3.63) is 97.2 Å². The van der Waals surface area contributed by atoms with E-state index in [0.29, 0.717) is 12.8 Å². The summed E-state index contributed by atoms with van der Waals surface area (Å²) in [4.78, 5) is 13.4. The molecule has 3 heterocycles. The molecule has 19 nitrogen and oxygen atoms in total. The topological polar surface area (TPSA) is 307 Å². The normalized spacial score (nSPS) is 29.2. The molecule has 3 saturated heterocycles. The van der Waals surface area contributed by atoms with Gasteiger partial charge in [0.2, 0.25) is 5.91 Å². The van der Waals surface area contributed by atoms with Crippen molar-refractivity contribution in [1.82, 2.24) is 5.32 Å². The first-order valence-electron chi connectivity index (χ1n) is 33.0. The van der Waals surface area contributed by atoms with E-state index >= 15 is 0 Å². The summed E-state index contributed by atoms with van der Waals surface area (Å²) in [6, 6.07) is -1.01. The van der Waals surface area contributed by atoms with Gasteiger partial charge < -0.3 is 89.9 Å². The smallest absolute Gasteiger partial charge is 0.220 e. The molecule has 19 heteroatoms. The molecule has 3 aliphatic heterocycles. The van der Waals surface area contributed by atoms with Gasteiger partial charge in [0.05, 0.1) is 38.6 Å². The van der Waals surface area contributed by atoms with E-state index in [2.05, 4.69) is 98.2 Å². The van der Waals surface area contributed by atoms with E-state index in [1.165, 1.54) is 89.9 Å². The van der Waals surface area contributed by atoms with Crippen LogP contribution in [0.3, 0.4) is 0 Å². The van der Waals surface area contributed by atoms with Gasteiger partial charge in [-0.25, -0.2) is 0 Å². The Morgan fingerprint density at radius 2 is 0.793 bits per heavy atom. The first-order valence-corrected chi connectivity index (χ1v) is 33.0. The first kappa shape index (κ1) is 78.0. The average molecular weight is 1230 g/mol. The van der Waals surface area contributed by atoms with Crippen LogP contribution in [0.1, 0.15) is 194 Å². The number of unbranched alkanes of at least 4 members (excludes halogenated alkanes) is 18. The van der Waals surface area contributed by atoms with E-state index in [-0.39, 0.29) is 18.9 Å². The Hall–Kier alpha value is -3.29. The highest BCUT2D eigenvalue weighted by atomic mass is 16.8. The molecular weight excluding hydrogens is 1120 g/mol. The second-order valence-electron chi connectivity index (χ2n) is 23.2. The molecule has 0 aliphatic carbocycles. The number of ether oxygens (including phenoxy) is 6. The zero-order valence-corrected chi connectivity index (χ0v) is 52.5. The van der Waals surface area contributed by atoms with Gasteiger partial charge >= 0.3 is 0 Å². The highest BCUT2D eigenvalue weighted by Crippen LogP contribution is 2.33. The summed E-state index contributed by atoms with van der Waals surface area (Å²) in [6.45, 7) is 1.56. The molecule has 0 bridgehead atoms. The van der Waals surface area contributed by atoms with Crippen LogP contribution in [0.4, 0.5) is 0 Å². The Morgan fingerprint density at radius 1 is 0.425 bits per heavy atom. The van der Waals surface area contributed by atoms with Gasteiger partial charge in [-0.3, -0.25) is 4.79 Å². The standard InChI is InChI=1S/C68H115NO18/c1-3-5-7-9-11-13-15-17-19-21-23-24-25-26-28-30-32-34-36-38-40-42-44-46-56(74)69-51(52(73)45-43-41-39-37-35-33-31-29-27-22-20-18-16-14-12-10-8-6-4-2)50-82-66-62(80)59(77)64(54(48-71)84-66)87-68-63(81)60(78)65(55(49-72)85-68)86-67-61(79)58(76)57(75)53(47-70)83-67/h5,7,11,13,17,19,23-24,26,28,32,34,38,40,43,45,51-55,57-68,70-73,75-81H,3-4,6,8-10,12,14-16,18,20-22,25,27,29-31,33,35-37,39,41-42,44,46-50H2,1-2H3,(H,69,74)/b7-5-,13-11-,19-17-,24-23-,28-26-,34-32-,40-38-,45-43+. The number of carbonyl (C=O) groups is 1. The third kappa shape index (κ3) is 32.0. The zero-order valence-electron chi connectivity index (χ0n) is 52.5. The molecule has 0 aromatic rings. The summed E-state index contributed by atoms with van der Waals surface area (Å²) in [7, 11) is 0. The third-order valence-electron chi connectivity index (χ3n) is 15.9. The number of rotatable bonds is 48. The highest BCUT2D eigenvalue weighted by molar-refractivity contribution is 5.76. The molecule has 17 unspecified atom stereocenters. The van der Waals surface area contributed by atoms with E-state index in [4.69, 9.17) is 28.4 Å². The Morgan fingerprint density at radius 3 is 1.23 bits per heavy atom. The molecule has 17 atom stereocenters. The Labute approximate surface area is 520 Å². The molecular formula is C68H115NO18. The second kappa shape index (κ2) is 49.4. The van der Waals surface area contributed by atoms with Crippen molar-refractivity contribution < 1.29 is 89.4 Å². The number of amides is 1. The quantitative estimate of drug-likeness (QED) is 0.0205. The zero-order chi connectivity index (χ0) is 63.3. The maximum absolute atomic E-state index is 13.4. The van der Waals surface area contributed by atoms with E-state index in [1.807, 2.05) is 12.2 Å². The predicted octanol–water partition coefficient (Wildman–Crippen LogP) is 7.71. The summed E-state index contributed by atoms with van der Waals surface area (Å²) in [5, 5.41) is 120. The van der Waals surface area contributed by atoms with Crippen LogP contribution in [-0.2, 0) is 33.2 Å². The molecule has 3 fully saturated rings. The Kier molecular flexibility index (Phi) is 44.3. The first-order chi connectivity index (χ1) is 42.3. The third-order valence-corrected chi connectivity index (χ3v) is 15.9. The summed E-state index contributed by atoms with van der Waals surface area (Å²) >= 11 is 0. The van der Waals surface area contributed by atoms with Crippen LogP contribution in [0, 0.1) is 0 Å². The minimum absolute atomic E-state index is 0.158. The largest absolute Gasteiger partial charge is 0.394 e. The molecule has 0 spiro atoms. The molecule has 0 radical (unpaired) electrons. The molecule has 0 aromatic heterocycles. The van der Waals surface area contributed by atoms with Gasteiger partial charge in [0.1, 0.15) is 73.2 Å². The van der Waals surface area contributed by atoms with Gasteiger partial charge in [-0.15, -0.1) is 0 Å². The number of nitrogens with one attached hydrogen (secondary N) is 1. The monoisotopic (exact) mass is 1230 g/mol. The SMILES string of the molecule is CC/C=C\C/C=C\C/C=C\C/C=C\C/C=C\C/C=C\C/C=C\CCCC(=O)NC(COC1OC(CO)C(OC2OC(CO)C(OC3OC(CO)C(O)C(O)C3O)C(O)C2O)C(O)C1O)C(O)/C=C/CCCCCCCCCCCCCCCCCCC. The second-order valence-corrected chi connectivity index (χ2v) is 23.2. The number of aliphatic hydroxyl groups is 11. The van der Waals surface area contributed by atoms with E-state index in [0.717, 1.165) is 70.6 Å². The fourth-order valence-corrected chi connectivity index (χ4v) is 10.5. The van der Waals surface area contributed by atoms with Gasteiger partial charge in [-0.1, -0.05) is 214 Å². The molecule has 87 heavy (non-hydrogen) atoms. The van der Waals surface area contributed by atoms with Gasteiger partial charge in [0.15, 0.2) is 18.9 Å².